The summed E-state index contributed by atoms with van der Waals surface area (Å²) >= 11 is 0. The van der Waals surface area contributed by atoms with Gasteiger partial charge in [-0.05, 0) is 30.7 Å². The molecule has 0 aliphatic carbocycles. The Bertz CT molecular complexity index is 577. The van der Waals surface area contributed by atoms with Gasteiger partial charge in [0.1, 0.15) is 0 Å². The maximum absolute atomic E-state index is 8.81. The molecule has 0 fully saturated rings. The van der Waals surface area contributed by atoms with Crippen molar-refractivity contribution in [1.82, 2.24) is 0 Å². The zero-order valence-corrected chi connectivity index (χ0v) is 9.59. The standard InChI is InChI=1S/C15H12N2/c1-12(14-7-3-2-4-8-14)17-15-9-5-6-13(10-15)11-16/h2-10H,1H3. The van der Waals surface area contributed by atoms with E-state index in [1.54, 1.807) is 12.1 Å². The summed E-state index contributed by atoms with van der Waals surface area (Å²) in [6.45, 7) is 1.97. The molecule has 2 nitrogen and oxygen atoms in total. The molecule has 0 atom stereocenters. The van der Waals surface area contributed by atoms with Gasteiger partial charge in [-0.1, -0.05) is 36.4 Å². The Morgan fingerprint density at radius 1 is 1.06 bits per heavy atom. The summed E-state index contributed by atoms with van der Waals surface area (Å²) in [4.78, 5) is 4.50. The van der Waals surface area contributed by atoms with E-state index in [9.17, 15) is 0 Å². The number of nitriles is 1. The highest BCUT2D eigenvalue weighted by Gasteiger charge is 1.97. The first-order valence-corrected chi connectivity index (χ1v) is 5.40. The summed E-state index contributed by atoms with van der Waals surface area (Å²) in [5.74, 6) is 0. The molecular weight excluding hydrogens is 208 g/mol. The Kier molecular flexibility index (Phi) is 3.32. The minimum Gasteiger partial charge on any atom is -0.253 e. The van der Waals surface area contributed by atoms with Gasteiger partial charge in [-0.3, -0.25) is 4.99 Å². The molecule has 0 spiro atoms. The van der Waals surface area contributed by atoms with Crippen molar-refractivity contribution >= 4 is 11.4 Å². The third kappa shape index (κ3) is 2.79. The minimum absolute atomic E-state index is 0.632. The quantitative estimate of drug-likeness (QED) is 0.711. The molecule has 0 saturated carbocycles. The zero-order chi connectivity index (χ0) is 12.1. The van der Waals surface area contributed by atoms with E-state index in [2.05, 4.69) is 11.1 Å². The number of rotatable bonds is 2. The second-order valence-electron chi connectivity index (χ2n) is 3.73. The van der Waals surface area contributed by atoms with Gasteiger partial charge in [0.2, 0.25) is 0 Å². The molecule has 2 aromatic carbocycles. The van der Waals surface area contributed by atoms with E-state index < -0.39 is 0 Å². The lowest BCUT2D eigenvalue weighted by atomic mass is 10.1. The van der Waals surface area contributed by atoms with Crippen molar-refractivity contribution in [1.29, 1.82) is 5.26 Å². The van der Waals surface area contributed by atoms with Crippen LogP contribution in [0.1, 0.15) is 18.1 Å². The largest absolute Gasteiger partial charge is 0.253 e. The van der Waals surface area contributed by atoms with Gasteiger partial charge in [0, 0.05) is 5.71 Å². The summed E-state index contributed by atoms with van der Waals surface area (Å²) in [5.41, 5.74) is 3.48. The maximum atomic E-state index is 8.81. The second kappa shape index (κ2) is 5.09. The summed E-state index contributed by atoms with van der Waals surface area (Å²) in [6, 6.07) is 19.4. The molecule has 0 bridgehead atoms. The van der Waals surface area contributed by atoms with Crippen LogP contribution in [-0.2, 0) is 0 Å². The van der Waals surface area contributed by atoms with Crippen molar-refractivity contribution in [3.05, 3.63) is 65.7 Å². The predicted molar refractivity (Wildman–Crippen MR) is 69.5 cm³/mol. The predicted octanol–water partition coefficient (Wildman–Crippen LogP) is 3.70. The van der Waals surface area contributed by atoms with Gasteiger partial charge in [-0.2, -0.15) is 5.26 Å². The van der Waals surface area contributed by atoms with Crippen LogP contribution in [0.4, 0.5) is 5.69 Å². The summed E-state index contributed by atoms with van der Waals surface area (Å²) in [6.07, 6.45) is 0. The van der Waals surface area contributed by atoms with Crippen LogP contribution in [0.15, 0.2) is 59.6 Å². The Morgan fingerprint density at radius 3 is 2.53 bits per heavy atom. The van der Waals surface area contributed by atoms with Gasteiger partial charge in [0.05, 0.1) is 17.3 Å². The van der Waals surface area contributed by atoms with Gasteiger partial charge < -0.3 is 0 Å². The Balaban J connectivity index is 2.33. The van der Waals surface area contributed by atoms with E-state index in [-0.39, 0.29) is 0 Å². The number of nitrogens with zero attached hydrogens (tertiary/aromatic N) is 2. The van der Waals surface area contributed by atoms with Crippen molar-refractivity contribution in [3.8, 4) is 6.07 Å². The minimum atomic E-state index is 0.632. The maximum Gasteiger partial charge on any atom is 0.0992 e. The topological polar surface area (TPSA) is 36.1 Å². The fourth-order valence-electron chi connectivity index (χ4n) is 1.58. The molecule has 0 unspecified atom stereocenters. The van der Waals surface area contributed by atoms with Crippen molar-refractivity contribution in [3.63, 3.8) is 0 Å². The van der Waals surface area contributed by atoms with E-state index in [1.165, 1.54) is 0 Å². The summed E-state index contributed by atoms with van der Waals surface area (Å²) < 4.78 is 0. The van der Waals surface area contributed by atoms with E-state index in [0.717, 1.165) is 17.0 Å². The molecule has 2 aromatic rings. The molecule has 0 aliphatic heterocycles. The number of hydrogen-bond donors (Lipinski definition) is 0. The van der Waals surface area contributed by atoms with Crippen LogP contribution in [-0.4, -0.2) is 5.71 Å². The first-order valence-electron chi connectivity index (χ1n) is 5.40. The molecule has 2 rings (SSSR count). The van der Waals surface area contributed by atoms with Gasteiger partial charge in [-0.15, -0.1) is 0 Å². The first kappa shape index (κ1) is 11.1. The molecule has 0 amide bonds. The molecular formula is C15H12N2. The highest BCUT2D eigenvalue weighted by molar-refractivity contribution is 6.00. The third-order valence-corrected chi connectivity index (χ3v) is 2.46. The Hall–Kier alpha value is -2.40. The fraction of sp³-hybridized carbons (Fsp3) is 0.0667. The smallest absolute Gasteiger partial charge is 0.0992 e. The molecule has 0 N–H and O–H groups in total. The van der Waals surface area contributed by atoms with E-state index in [1.807, 2.05) is 49.4 Å². The first-order chi connectivity index (χ1) is 8.29. The number of benzene rings is 2. The number of aliphatic imine (C=N–C) groups is 1. The molecule has 0 saturated heterocycles. The SMILES string of the molecule is CC(=Nc1cccc(C#N)c1)c1ccccc1. The van der Waals surface area contributed by atoms with E-state index in [0.29, 0.717) is 5.56 Å². The lowest BCUT2D eigenvalue weighted by Gasteiger charge is -2.01. The normalized spacial score (nSPS) is 10.9. The molecule has 0 radical (unpaired) electrons. The summed E-state index contributed by atoms with van der Waals surface area (Å²) in [7, 11) is 0. The van der Waals surface area contributed by atoms with Crippen molar-refractivity contribution in [2.45, 2.75) is 6.92 Å². The average molecular weight is 220 g/mol. The molecule has 0 aliphatic rings. The third-order valence-electron chi connectivity index (χ3n) is 2.46. The highest BCUT2D eigenvalue weighted by atomic mass is 14.7. The van der Waals surface area contributed by atoms with Crippen LogP contribution in [0.25, 0.3) is 0 Å². The molecule has 82 valence electrons. The van der Waals surface area contributed by atoms with Crippen LogP contribution in [0.2, 0.25) is 0 Å². The molecule has 0 heterocycles. The van der Waals surface area contributed by atoms with Crippen molar-refractivity contribution in [2.24, 2.45) is 4.99 Å². The molecule has 17 heavy (non-hydrogen) atoms. The molecule has 2 heteroatoms. The van der Waals surface area contributed by atoms with Crippen LogP contribution in [0.5, 0.6) is 0 Å². The summed E-state index contributed by atoms with van der Waals surface area (Å²) in [5, 5.41) is 8.81. The van der Waals surface area contributed by atoms with E-state index in [4.69, 9.17) is 5.26 Å². The van der Waals surface area contributed by atoms with Crippen LogP contribution in [0, 0.1) is 11.3 Å². The molecule has 0 aromatic heterocycles. The van der Waals surface area contributed by atoms with Gasteiger partial charge >= 0.3 is 0 Å². The lowest BCUT2D eigenvalue weighted by Crippen LogP contribution is -1.92. The van der Waals surface area contributed by atoms with Gasteiger partial charge in [-0.25, -0.2) is 0 Å². The van der Waals surface area contributed by atoms with E-state index >= 15 is 0 Å². The van der Waals surface area contributed by atoms with Crippen molar-refractivity contribution in [2.75, 3.05) is 0 Å². The average Bonchev–Trinajstić information content (AvgIpc) is 2.40. The van der Waals surface area contributed by atoms with Crippen LogP contribution in [0.3, 0.4) is 0 Å². The van der Waals surface area contributed by atoms with Crippen LogP contribution >= 0.6 is 0 Å². The highest BCUT2D eigenvalue weighted by Crippen LogP contribution is 2.15. The monoisotopic (exact) mass is 220 g/mol. The van der Waals surface area contributed by atoms with Crippen molar-refractivity contribution < 1.29 is 0 Å². The second-order valence-corrected chi connectivity index (χ2v) is 3.73. The van der Waals surface area contributed by atoms with Crippen LogP contribution < -0.4 is 0 Å². The Morgan fingerprint density at radius 2 is 1.82 bits per heavy atom. The zero-order valence-electron chi connectivity index (χ0n) is 9.59. The number of hydrogen-bond acceptors (Lipinski definition) is 2. The van der Waals surface area contributed by atoms with Gasteiger partial charge in [0.25, 0.3) is 0 Å². The Labute approximate surface area is 101 Å². The van der Waals surface area contributed by atoms with Gasteiger partial charge in [0.15, 0.2) is 0 Å². The lowest BCUT2D eigenvalue weighted by molar-refractivity contribution is 1.44. The fourth-order valence-corrected chi connectivity index (χ4v) is 1.58.